The molecule has 0 aliphatic carbocycles. The van der Waals surface area contributed by atoms with Gasteiger partial charge >= 0.3 is 0 Å². The van der Waals surface area contributed by atoms with E-state index < -0.39 is 0 Å². The van der Waals surface area contributed by atoms with E-state index in [1.807, 2.05) is 7.05 Å². The van der Waals surface area contributed by atoms with E-state index in [0.29, 0.717) is 19.8 Å². The van der Waals surface area contributed by atoms with Crippen molar-refractivity contribution < 1.29 is 9.47 Å². The Morgan fingerprint density at radius 1 is 1.06 bits per heavy atom. The molecule has 0 aromatic carbocycles. The highest BCUT2D eigenvalue weighted by molar-refractivity contribution is 4.54. The van der Waals surface area contributed by atoms with Gasteiger partial charge in [-0.05, 0) is 13.6 Å². The van der Waals surface area contributed by atoms with Gasteiger partial charge in [-0.3, -0.25) is 0 Å². The molecule has 0 heterocycles. The van der Waals surface area contributed by atoms with Crippen LogP contribution in [0, 0.1) is 0 Å². The van der Waals surface area contributed by atoms with E-state index >= 15 is 0 Å². The molecule has 0 rings (SSSR count). The highest BCUT2D eigenvalue weighted by Gasteiger charge is 1.99. The lowest BCUT2D eigenvalue weighted by atomic mass is 10.4. The van der Waals surface area contributed by atoms with Gasteiger partial charge in [-0.15, -0.1) is 0 Å². The molecule has 0 aliphatic heterocycles. The third-order valence-electron chi connectivity index (χ3n) is 2.31. The molecule has 16 heavy (non-hydrogen) atoms. The molecule has 0 radical (unpaired) electrons. The standard InChI is InChI=1S/C11H27N3O2/c1-3-14(6-4-12)7-9-16-11-10-15-8-5-13-2/h13H,3-12H2,1-2H3. The molecule has 0 saturated heterocycles. The highest BCUT2D eigenvalue weighted by Crippen LogP contribution is 1.87. The van der Waals surface area contributed by atoms with Gasteiger partial charge in [0.2, 0.25) is 0 Å². The molecule has 0 atom stereocenters. The van der Waals surface area contributed by atoms with Crippen molar-refractivity contribution in [2.75, 3.05) is 66.2 Å². The number of rotatable bonds is 12. The van der Waals surface area contributed by atoms with Crippen LogP contribution in [0.3, 0.4) is 0 Å². The minimum atomic E-state index is 0.671. The minimum absolute atomic E-state index is 0.671. The monoisotopic (exact) mass is 233 g/mol. The van der Waals surface area contributed by atoms with Crippen molar-refractivity contribution in [2.45, 2.75) is 6.92 Å². The van der Waals surface area contributed by atoms with Gasteiger partial charge in [0.15, 0.2) is 0 Å². The number of nitrogens with zero attached hydrogens (tertiary/aromatic N) is 1. The summed E-state index contributed by atoms with van der Waals surface area (Å²) in [6.07, 6.45) is 0. The Labute approximate surface area is 99.3 Å². The van der Waals surface area contributed by atoms with Crippen molar-refractivity contribution in [1.82, 2.24) is 10.2 Å². The van der Waals surface area contributed by atoms with Crippen molar-refractivity contribution in [3.8, 4) is 0 Å². The molecule has 0 unspecified atom stereocenters. The number of hydrogen-bond acceptors (Lipinski definition) is 5. The second-order valence-electron chi connectivity index (χ2n) is 3.55. The first-order chi connectivity index (χ1) is 7.85. The SMILES string of the molecule is CCN(CCN)CCOCCOCCNC. The summed E-state index contributed by atoms with van der Waals surface area (Å²) in [5, 5.41) is 3.02. The van der Waals surface area contributed by atoms with Crippen LogP contribution in [0.4, 0.5) is 0 Å². The minimum Gasteiger partial charge on any atom is -0.378 e. The van der Waals surface area contributed by atoms with E-state index in [1.165, 1.54) is 0 Å². The molecular weight excluding hydrogens is 206 g/mol. The Kier molecular flexibility index (Phi) is 12.7. The lowest BCUT2D eigenvalue weighted by Gasteiger charge is -2.18. The van der Waals surface area contributed by atoms with Crippen LogP contribution in [0.5, 0.6) is 0 Å². The molecule has 0 aromatic rings. The first-order valence-electron chi connectivity index (χ1n) is 6.07. The van der Waals surface area contributed by atoms with Crippen LogP contribution in [0.25, 0.3) is 0 Å². The summed E-state index contributed by atoms with van der Waals surface area (Å²) >= 11 is 0. The first kappa shape index (κ1) is 15.8. The molecule has 0 aliphatic rings. The zero-order valence-electron chi connectivity index (χ0n) is 10.7. The van der Waals surface area contributed by atoms with Gasteiger partial charge in [0.05, 0.1) is 26.4 Å². The zero-order chi connectivity index (χ0) is 12.1. The third kappa shape index (κ3) is 10.3. The fourth-order valence-electron chi connectivity index (χ4n) is 1.30. The van der Waals surface area contributed by atoms with Crippen molar-refractivity contribution in [1.29, 1.82) is 0 Å². The zero-order valence-corrected chi connectivity index (χ0v) is 10.7. The van der Waals surface area contributed by atoms with E-state index in [4.69, 9.17) is 15.2 Å². The number of ether oxygens (including phenoxy) is 2. The molecule has 0 saturated carbocycles. The Balaban J connectivity index is 3.12. The van der Waals surface area contributed by atoms with Gasteiger partial charge in [-0.2, -0.15) is 0 Å². The van der Waals surface area contributed by atoms with Crippen molar-refractivity contribution >= 4 is 0 Å². The lowest BCUT2D eigenvalue weighted by molar-refractivity contribution is 0.0406. The maximum absolute atomic E-state index is 5.50. The van der Waals surface area contributed by atoms with Gasteiger partial charge in [-0.25, -0.2) is 0 Å². The number of nitrogens with two attached hydrogens (primary N) is 1. The van der Waals surface area contributed by atoms with E-state index in [0.717, 1.165) is 39.4 Å². The quantitative estimate of drug-likeness (QED) is 0.446. The van der Waals surface area contributed by atoms with Gasteiger partial charge in [0, 0.05) is 26.2 Å². The molecule has 0 fully saturated rings. The fraction of sp³-hybridized carbons (Fsp3) is 1.00. The average Bonchev–Trinajstić information content (AvgIpc) is 2.31. The maximum Gasteiger partial charge on any atom is 0.0701 e. The molecule has 5 heteroatoms. The van der Waals surface area contributed by atoms with E-state index in [2.05, 4.69) is 17.1 Å². The largest absolute Gasteiger partial charge is 0.378 e. The Bertz CT molecular complexity index is 136. The summed E-state index contributed by atoms with van der Waals surface area (Å²) in [7, 11) is 1.91. The molecule has 0 amide bonds. The average molecular weight is 233 g/mol. The molecule has 98 valence electrons. The van der Waals surface area contributed by atoms with Gasteiger partial charge in [0.25, 0.3) is 0 Å². The predicted octanol–water partition coefficient (Wildman–Crippen LogP) is -0.480. The van der Waals surface area contributed by atoms with Crippen molar-refractivity contribution in [3.63, 3.8) is 0 Å². The fourth-order valence-corrected chi connectivity index (χ4v) is 1.30. The van der Waals surface area contributed by atoms with Crippen LogP contribution in [-0.2, 0) is 9.47 Å². The van der Waals surface area contributed by atoms with Crippen LogP contribution in [0.1, 0.15) is 6.92 Å². The molecule has 3 N–H and O–H groups in total. The second kappa shape index (κ2) is 12.9. The number of likely N-dealkylation sites (N-methyl/N-ethyl adjacent to an activating group) is 2. The van der Waals surface area contributed by atoms with Crippen LogP contribution < -0.4 is 11.1 Å². The second-order valence-corrected chi connectivity index (χ2v) is 3.55. The van der Waals surface area contributed by atoms with Crippen molar-refractivity contribution in [2.24, 2.45) is 5.73 Å². The molecular formula is C11H27N3O2. The van der Waals surface area contributed by atoms with Crippen LogP contribution in [-0.4, -0.2) is 71.1 Å². The van der Waals surface area contributed by atoms with E-state index in [9.17, 15) is 0 Å². The summed E-state index contributed by atoms with van der Waals surface area (Å²) in [4.78, 5) is 2.28. The molecule has 0 bridgehead atoms. The number of hydrogen-bond donors (Lipinski definition) is 2. The summed E-state index contributed by atoms with van der Waals surface area (Å²) < 4.78 is 10.8. The number of nitrogens with one attached hydrogen (secondary N) is 1. The van der Waals surface area contributed by atoms with Gasteiger partial charge in [0.1, 0.15) is 0 Å². The summed E-state index contributed by atoms with van der Waals surface area (Å²) in [6.45, 7) is 9.49. The van der Waals surface area contributed by atoms with Gasteiger partial charge < -0.3 is 25.4 Å². The normalized spacial score (nSPS) is 11.2. The summed E-state index contributed by atoms with van der Waals surface area (Å²) in [6, 6.07) is 0. The summed E-state index contributed by atoms with van der Waals surface area (Å²) in [5.74, 6) is 0. The Morgan fingerprint density at radius 2 is 1.75 bits per heavy atom. The van der Waals surface area contributed by atoms with Gasteiger partial charge in [-0.1, -0.05) is 6.92 Å². The highest BCUT2D eigenvalue weighted by atomic mass is 16.5. The van der Waals surface area contributed by atoms with Crippen LogP contribution in [0.2, 0.25) is 0 Å². The predicted molar refractivity (Wildman–Crippen MR) is 66.7 cm³/mol. The smallest absolute Gasteiger partial charge is 0.0701 e. The lowest BCUT2D eigenvalue weighted by Crippen LogP contribution is -2.32. The topological polar surface area (TPSA) is 59.8 Å². The van der Waals surface area contributed by atoms with E-state index in [-0.39, 0.29) is 0 Å². The van der Waals surface area contributed by atoms with Crippen LogP contribution in [0.15, 0.2) is 0 Å². The summed E-state index contributed by atoms with van der Waals surface area (Å²) in [5.41, 5.74) is 5.50. The van der Waals surface area contributed by atoms with Crippen molar-refractivity contribution in [3.05, 3.63) is 0 Å². The Hall–Kier alpha value is -0.200. The third-order valence-corrected chi connectivity index (χ3v) is 2.31. The first-order valence-corrected chi connectivity index (χ1v) is 6.07. The molecule has 0 spiro atoms. The molecule has 5 nitrogen and oxygen atoms in total. The molecule has 0 aromatic heterocycles. The maximum atomic E-state index is 5.50. The van der Waals surface area contributed by atoms with E-state index in [1.54, 1.807) is 0 Å². The Morgan fingerprint density at radius 3 is 2.31 bits per heavy atom. The van der Waals surface area contributed by atoms with Crippen LogP contribution >= 0.6 is 0 Å².